The van der Waals surface area contributed by atoms with E-state index in [0.29, 0.717) is 12.6 Å². The normalized spacial score (nSPS) is 14.9. The molecule has 0 spiro atoms. The van der Waals surface area contributed by atoms with Crippen molar-refractivity contribution in [3.05, 3.63) is 65.2 Å². The minimum absolute atomic E-state index is 0.523. The van der Waals surface area contributed by atoms with Crippen molar-refractivity contribution in [2.45, 2.75) is 38.1 Å². The lowest BCUT2D eigenvalue weighted by Crippen LogP contribution is -2.25. The van der Waals surface area contributed by atoms with Crippen LogP contribution in [0.5, 0.6) is 5.75 Å². The fourth-order valence-electron chi connectivity index (χ4n) is 2.75. The Bertz CT molecular complexity index is 661. The topological polar surface area (TPSA) is 12.5 Å². The molecule has 0 heterocycles. The number of nitrogens with zero attached hydrogens (tertiary/aromatic N) is 1. The molecule has 0 amide bonds. The van der Waals surface area contributed by atoms with Crippen molar-refractivity contribution in [2.24, 2.45) is 0 Å². The van der Waals surface area contributed by atoms with Crippen LogP contribution in [-0.2, 0) is 19.3 Å². The molecule has 1 aliphatic carbocycles. The number of hydrogen-bond donors (Lipinski definition) is 0. The first kappa shape index (κ1) is 16.8. The molecule has 2 nitrogen and oxygen atoms in total. The molecule has 0 saturated heterocycles. The molecule has 2 aromatic rings. The molecule has 128 valence electrons. The van der Waals surface area contributed by atoms with E-state index in [9.17, 15) is 13.2 Å². The highest BCUT2D eigenvalue weighted by atomic mass is 19.4. The molecule has 5 heteroatoms. The molecule has 0 atom stereocenters. The van der Waals surface area contributed by atoms with Crippen LogP contribution in [0.25, 0.3) is 0 Å². The van der Waals surface area contributed by atoms with Crippen molar-refractivity contribution in [2.75, 3.05) is 7.11 Å². The van der Waals surface area contributed by atoms with Crippen LogP contribution in [-0.4, -0.2) is 18.1 Å². The van der Waals surface area contributed by atoms with Gasteiger partial charge in [0.25, 0.3) is 0 Å². The van der Waals surface area contributed by atoms with Gasteiger partial charge >= 0.3 is 6.18 Å². The number of methoxy groups -OCH3 is 1. The number of ether oxygens (including phenoxy) is 1. The second kappa shape index (κ2) is 6.85. The lowest BCUT2D eigenvalue weighted by Gasteiger charge is -2.22. The van der Waals surface area contributed by atoms with Crippen molar-refractivity contribution < 1.29 is 17.9 Å². The molecule has 0 bridgehead atoms. The predicted octanol–water partition coefficient (Wildman–Crippen LogP) is 4.88. The molecule has 0 aliphatic heterocycles. The molecule has 0 radical (unpaired) electrons. The molecule has 1 fully saturated rings. The zero-order valence-electron chi connectivity index (χ0n) is 13.5. The lowest BCUT2D eigenvalue weighted by molar-refractivity contribution is -0.137. The molecule has 2 aromatic carbocycles. The third-order valence-corrected chi connectivity index (χ3v) is 4.27. The second-order valence-electron chi connectivity index (χ2n) is 6.18. The molecule has 24 heavy (non-hydrogen) atoms. The summed E-state index contributed by atoms with van der Waals surface area (Å²) in [6, 6.07) is 13.9. The van der Waals surface area contributed by atoms with Crippen molar-refractivity contribution in [3.8, 4) is 5.75 Å². The number of hydrogen-bond acceptors (Lipinski definition) is 2. The summed E-state index contributed by atoms with van der Waals surface area (Å²) < 4.78 is 43.1. The van der Waals surface area contributed by atoms with Crippen LogP contribution in [0.15, 0.2) is 48.5 Å². The van der Waals surface area contributed by atoms with Gasteiger partial charge in [-0.05, 0) is 48.2 Å². The Morgan fingerprint density at radius 1 is 0.917 bits per heavy atom. The largest absolute Gasteiger partial charge is 0.497 e. The lowest BCUT2D eigenvalue weighted by atomic mass is 10.1. The van der Waals surface area contributed by atoms with Crippen LogP contribution in [0, 0.1) is 0 Å². The standard InChI is InChI=1S/C19H20F3NO/c1-24-18-10-4-15(5-11-18)13-23(17-8-9-17)12-14-2-6-16(7-3-14)19(20,21)22/h2-7,10-11,17H,8-9,12-13H2,1H3. The Morgan fingerprint density at radius 3 is 1.83 bits per heavy atom. The molecule has 0 N–H and O–H groups in total. The number of alkyl halides is 3. The van der Waals surface area contributed by atoms with Crippen molar-refractivity contribution in [1.29, 1.82) is 0 Å². The van der Waals surface area contributed by atoms with Gasteiger partial charge in [-0.25, -0.2) is 0 Å². The minimum atomic E-state index is -4.28. The first-order chi connectivity index (χ1) is 11.5. The van der Waals surface area contributed by atoms with Gasteiger partial charge in [-0.1, -0.05) is 24.3 Å². The third-order valence-electron chi connectivity index (χ3n) is 4.27. The number of halogens is 3. The summed E-state index contributed by atoms with van der Waals surface area (Å²) in [5.41, 5.74) is 1.48. The SMILES string of the molecule is COc1ccc(CN(Cc2ccc(C(F)(F)F)cc2)C2CC2)cc1. The summed E-state index contributed by atoms with van der Waals surface area (Å²) in [5, 5.41) is 0. The first-order valence-electron chi connectivity index (χ1n) is 7.99. The Labute approximate surface area is 139 Å². The molecular formula is C19H20F3NO. The van der Waals surface area contributed by atoms with Gasteiger partial charge in [-0.2, -0.15) is 13.2 Å². The van der Waals surface area contributed by atoms with Crippen LogP contribution in [0.4, 0.5) is 13.2 Å². The van der Waals surface area contributed by atoms with E-state index >= 15 is 0 Å². The van der Waals surface area contributed by atoms with Crippen molar-refractivity contribution in [3.63, 3.8) is 0 Å². The second-order valence-corrected chi connectivity index (χ2v) is 6.18. The summed E-state index contributed by atoms with van der Waals surface area (Å²) in [5.74, 6) is 0.819. The summed E-state index contributed by atoms with van der Waals surface area (Å²) in [6.07, 6.45) is -1.98. The van der Waals surface area contributed by atoms with E-state index in [1.165, 1.54) is 5.56 Å². The summed E-state index contributed by atoms with van der Waals surface area (Å²) in [6.45, 7) is 1.45. The Morgan fingerprint density at radius 2 is 1.42 bits per heavy atom. The number of rotatable bonds is 6. The average Bonchev–Trinajstić information content (AvgIpc) is 3.39. The van der Waals surface area contributed by atoms with Gasteiger partial charge < -0.3 is 4.74 Å². The zero-order chi connectivity index (χ0) is 17.2. The van der Waals surface area contributed by atoms with Gasteiger partial charge in [-0.15, -0.1) is 0 Å². The van der Waals surface area contributed by atoms with E-state index in [4.69, 9.17) is 4.74 Å². The van der Waals surface area contributed by atoms with Gasteiger partial charge in [0.2, 0.25) is 0 Å². The first-order valence-corrected chi connectivity index (χ1v) is 7.99. The summed E-state index contributed by atoms with van der Waals surface area (Å²) in [7, 11) is 1.64. The van der Waals surface area contributed by atoms with Crippen LogP contribution < -0.4 is 4.74 Å². The maximum Gasteiger partial charge on any atom is 0.416 e. The maximum absolute atomic E-state index is 12.6. The van der Waals surface area contributed by atoms with E-state index in [0.717, 1.165) is 42.8 Å². The third kappa shape index (κ3) is 4.29. The molecule has 0 aromatic heterocycles. The quantitative estimate of drug-likeness (QED) is 0.746. The van der Waals surface area contributed by atoms with Crippen LogP contribution in [0.3, 0.4) is 0 Å². The molecule has 3 rings (SSSR count). The maximum atomic E-state index is 12.6. The fourth-order valence-corrected chi connectivity index (χ4v) is 2.75. The monoisotopic (exact) mass is 335 g/mol. The van der Waals surface area contributed by atoms with E-state index in [1.54, 1.807) is 19.2 Å². The molecule has 1 saturated carbocycles. The fraction of sp³-hybridized carbons (Fsp3) is 0.368. The Balaban J connectivity index is 1.67. The Kier molecular flexibility index (Phi) is 4.81. The Hall–Kier alpha value is -2.01. The van der Waals surface area contributed by atoms with Crippen LogP contribution >= 0.6 is 0 Å². The van der Waals surface area contributed by atoms with Gasteiger partial charge in [0.05, 0.1) is 12.7 Å². The minimum Gasteiger partial charge on any atom is -0.497 e. The predicted molar refractivity (Wildman–Crippen MR) is 86.7 cm³/mol. The highest BCUT2D eigenvalue weighted by Gasteiger charge is 2.31. The van der Waals surface area contributed by atoms with Crippen LogP contribution in [0.1, 0.15) is 29.5 Å². The van der Waals surface area contributed by atoms with E-state index in [1.807, 2.05) is 24.3 Å². The van der Waals surface area contributed by atoms with E-state index in [-0.39, 0.29) is 0 Å². The highest BCUT2D eigenvalue weighted by Crippen LogP contribution is 2.32. The zero-order valence-corrected chi connectivity index (χ0v) is 13.5. The molecule has 0 unspecified atom stereocenters. The van der Waals surface area contributed by atoms with Gasteiger partial charge in [-0.3, -0.25) is 4.90 Å². The van der Waals surface area contributed by atoms with Gasteiger partial charge in [0, 0.05) is 19.1 Å². The van der Waals surface area contributed by atoms with E-state index in [2.05, 4.69) is 4.90 Å². The van der Waals surface area contributed by atoms with Gasteiger partial charge in [0.15, 0.2) is 0 Å². The number of benzene rings is 2. The smallest absolute Gasteiger partial charge is 0.416 e. The molecular weight excluding hydrogens is 315 g/mol. The average molecular weight is 335 g/mol. The van der Waals surface area contributed by atoms with Gasteiger partial charge in [0.1, 0.15) is 5.75 Å². The van der Waals surface area contributed by atoms with Crippen molar-refractivity contribution >= 4 is 0 Å². The van der Waals surface area contributed by atoms with Crippen LogP contribution in [0.2, 0.25) is 0 Å². The van der Waals surface area contributed by atoms with E-state index < -0.39 is 11.7 Å². The highest BCUT2D eigenvalue weighted by molar-refractivity contribution is 5.28. The molecule has 1 aliphatic rings. The summed E-state index contributed by atoms with van der Waals surface area (Å²) >= 11 is 0. The van der Waals surface area contributed by atoms with Crippen molar-refractivity contribution in [1.82, 2.24) is 4.90 Å². The summed E-state index contributed by atoms with van der Waals surface area (Å²) in [4.78, 5) is 2.32.